The van der Waals surface area contributed by atoms with Crippen LogP contribution in [0, 0.1) is 0 Å². The number of nitrogens with one attached hydrogen (secondary N) is 2. The Morgan fingerprint density at radius 3 is 2.85 bits per heavy atom. The number of hydrogen-bond donors (Lipinski definition) is 2. The van der Waals surface area contributed by atoms with Gasteiger partial charge in [0.2, 0.25) is 0 Å². The Hall–Kier alpha value is -0.120. The normalized spacial score (nSPS) is 28.2. The van der Waals surface area contributed by atoms with Crippen molar-refractivity contribution in [2.24, 2.45) is 0 Å². The van der Waals surface area contributed by atoms with Gasteiger partial charge >= 0.3 is 0 Å². The molecule has 13 heavy (non-hydrogen) atoms. The minimum absolute atomic E-state index is 0.446. The molecule has 0 aromatic rings. The first-order valence-corrected chi connectivity index (χ1v) is 5.35. The number of ether oxygens (including phenoxy) is 1. The van der Waals surface area contributed by atoms with Gasteiger partial charge in [0.15, 0.2) is 0 Å². The Morgan fingerprint density at radius 1 is 1.31 bits per heavy atom. The summed E-state index contributed by atoms with van der Waals surface area (Å²) in [5.41, 5.74) is 0. The van der Waals surface area contributed by atoms with Crippen LogP contribution in [-0.4, -0.2) is 38.9 Å². The summed E-state index contributed by atoms with van der Waals surface area (Å²) in [7, 11) is 1.81. The lowest BCUT2D eigenvalue weighted by molar-refractivity contribution is 0.0854. The van der Waals surface area contributed by atoms with Gasteiger partial charge in [-0.25, -0.2) is 0 Å². The minimum Gasteiger partial charge on any atom is -0.380 e. The summed E-state index contributed by atoms with van der Waals surface area (Å²) >= 11 is 0. The highest BCUT2D eigenvalue weighted by atomic mass is 16.5. The van der Waals surface area contributed by atoms with Gasteiger partial charge < -0.3 is 15.4 Å². The molecule has 1 rings (SSSR count). The molecule has 2 atom stereocenters. The van der Waals surface area contributed by atoms with Crippen molar-refractivity contribution in [1.82, 2.24) is 10.6 Å². The van der Waals surface area contributed by atoms with E-state index < -0.39 is 0 Å². The molecule has 0 spiro atoms. The summed E-state index contributed by atoms with van der Waals surface area (Å²) in [6.07, 6.45) is 4.24. The van der Waals surface area contributed by atoms with E-state index in [9.17, 15) is 0 Å². The molecule has 0 saturated heterocycles. The maximum absolute atomic E-state index is 5.40. The molecule has 1 aliphatic rings. The summed E-state index contributed by atoms with van der Waals surface area (Å²) < 4.78 is 5.40. The zero-order chi connectivity index (χ0) is 9.52. The van der Waals surface area contributed by atoms with E-state index in [1.165, 1.54) is 19.3 Å². The van der Waals surface area contributed by atoms with E-state index in [0.717, 1.165) is 19.6 Å². The van der Waals surface area contributed by atoms with Crippen molar-refractivity contribution >= 4 is 0 Å². The summed E-state index contributed by atoms with van der Waals surface area (Å²) in [5.74, 6) is 0. The quantitative estimate of drug-likeness (QED) is 0.601. The second-order valence-electron chi connectivity index (χ2n) is 3.62. The average Bonchev–Trinajstić information content (AvgIpc) is 2.60. The molecule has 78 valence electrons. The topological polar surface area (TPSA) is 33.3 Å². The predicted molar refractivity (Wildman–Crippen MR) is 55.0 cm³/mol. The summed E-state index contributed by atoms with van der Waals surface area (Å²) in [6.45, 7) is 5.30. The first-order chi connectivity index (χ1) is 6.38. The van der Waals surface area contributed by atoms with Crippen LogP contribution in [0.4, 0.5) is 0 Å². The Morgan fingerprint density at radius 2 is 2.15 bits per heavy atom. The third kappa shape index (κ3) is 3.63. The van der Waals surface area contributed by atoms with E-state index in [2.05, 4.69) is 17.6 Å². The van der Waals surface area contributed by atoms with Crippen LogP contribution in [0.15, 0.2) is 0 Å². The van der Waals surface area contributed by atoms with Crippen LogP contribution in [0.2, 0.25) is 0 Å². The molecule has 0 aliphatic heterocycles. The third-order valence-corrected chi connectivity index (χ3v) is 2.71. The van der Waals surface area contributed by atoms with Gasteiger partial charge in [-0.3, -0.25) is 0 Å². The summed E-state index contributed by atoms with van der Waals surface area (Å²) in [6, 6.07) is 0.587. The molecule has 0 bridgehead atoms. The molecule has 1 aliphatic carbocycles. The molecule has 0 radical (unpaired) electrons. The SMILES string of the molecule is CCNCCNC1CCCC1OC. The van der Waals surface area contributed by atoms with Crippen molar-refractivity contribution in [1.29, 1.82) is 0 Å². The molecule has 0 aromatic heterocycles. The zero-order valence-electron chi connectivity index (χ0n) is 8.81. The highest BCUT2D eigenvalue weighted by Gasteiger charge is 2.25. The van der Waals surface area contributed by atoms with Gasteiger partial charge in [-0.15, -0.1) is 0 Å². The molecule has 3 nitrogen and oxygen atoms in total. The molecule has 1 saturated carbocycles. The standard InChI is InChI=1S/C10H22N2O/c1-3-11-7-8-12-9-5-4-6-10(9)13-2/h9-12H,3-8H2,1-2H3. The number of rotatable bonds is 6. The van der Waals surface area contributed by atoms with Crippen LogP contribution in [0.5, 0.6) is 0 Å². The number of hydrogen-bond acceptors (Lipinski definition) is 3. The van der Waals surface area contributed by atoms with Crippen molar-refractivity contribution in [2.75, 3.05) is 26.7 Å². The lowest BCUT2D eigenvalue weighted by Crippen LogP contribution is -2.40. The third-order valence-electron chi connectivity index (χ3n) is 2.71. The van der Waals surface area contributed by atoms with Gasteiger partial charge in [0.1, 0.15) is 0 Å². The fourth-order valence-electron chi connectivity index (χ4n) is 1.96. The highest BCUT2D eigenvalue weighted by molar-refractivity contribution is 4.83. The average molecular weight is 186 g/mol. The summed E-state index contributed by atoms with van der Waals surface area (Å²) in [4.78, 5) is 0. The molecule has 2 unspecified atom stereocenters. The molecule has 0 heterocycles. The lowest BCUT2D eigenvalue weighted by Gasteiger charge is -2.19. The number of likely N-dealkylation sites (N-methyl/N-ethyl adjacent to an activating group) is 1. The highest BCUT2D eigenvalue weighted by Crippen LogP contribution is 2.20. The summed E-state index contributed by atoms with van der Waals surface area (Å²) in [5, 5.41) is 6.83. The lowest BCUT2D eigenvalue weighted by atomic mass is 10.2. The second-order valence-corrected chi connectivity index (χ2v) is 3.62. The van der Waals surface area contributed by atoms with Crippen LogP contribution in [0.1, 0.15) is 26.2 Å². The Labute approximate surface area is 81.2 Å². The fourth-order valence-corrected chi connectivity index (χ4v) is 1.96. The first kappa shape index (κ1) is 11.0. The second kappa shape index (κ2) is 6.35. The number of methoxy groups -OCH3 is 1. The van der Waals surface area contributed by atoms with E-state index in [1.54, 1.807) is 0 Å². The van der Waals surface area contributed by atoms with Crippen LogP contribution in [-0.2, 0) is 4.74 Å². The molecular formula is C10H22N2O. The minimum atomic E-state index is 0.446. The van der Waals surface area contributed by atoms with Crippen molar-refractivity contribution in [3.63, 3.8) is 0 Å². The molecule has 2 N–H and O–H groups in total. The van der Waals surface area contributed by atoms with Crippen molar-refractivity contribution < 1.29 is 4.74 Å². The van der Waals surface area contributed by atoms with Gasteiger partial charge in [-0.1, -0.05) is 6.92 Å². The molecule has 0 aromatic carbocycles. The van der Waals surface area contributed by atoms with Gasteiger partial charge in [0, 0.05) is 26.2 Å². The van der Waals surface area contributed by atoms with Crippen LogP contribution < -0.4 is 10.6 Å². The monoisotopic (exact) mass is 186 g/mol. The van der Waals surface area contributed by atoms with E-state index >= 15 is 0 Å². The molecule has 3 heteroatoms. The maximum atomic E-state index is 5.40. The zero-order valence-corrected chi connectivity index (χ0v) is 8.81. The van der Waals surface area contributed by atoms with Gasteiger partial charge in [-0.2, -0.15) is 0 Å². The molecule has 1 fully saturated rings. The van der Waals surface area contributed by atoms with Gasteiger partial charge in [0.05, 0.1) is 6.10 Å². The Bertz CT molecular complexity index is 130. The smallest absolute Gasteiger partial charge is 0.0724 e. The first-order valence-electron chi connectivity index (χ1n) is 5.35. The van der Waals surface area contributed by atoms with Crippen molar-refractivity contribution in [3.8, 4) is 0 Å². The molecule has 0 amide bonds. The molecular weight excluding hydrogens is 164 g/mol. The van der Waals surface area contributed by atoms with Crippen LogP contribution >= 0.6 is 0 Å². The van der Waals surface area contributed by atoms with E-state index in [-0.39, 0.29) is 0 Å². The largest absolute Gasteiger partial charge is 0.380 e. The van der Waals surface area contributed by atoms with E-state index in [0.29, 0.717) is 12.1 Å². The fraction of sp³-hybridized carbons (Fsp3) is 1.00. The van der Waals surface area contributed by atoms with Gasteiger partial charge in [0.25, 0.3) is 0 Å². The Kier molecular flexibility index (Phi) is 5.35. The van der Waals surface area contributed by atoms with E-state index in [1.807, 2.05) is 7.11 Å². The maximum Gasteiger partial charge on any atom is 0.0724 e. The van der Waals surface area contributed by atoms with Gasteiger partial charge in [-0.05, 0) is 25.8 Å². The van der Waals surface area contributed by atoms with Crippen LogP contribution in [0.3, 0.4) is 0 Å². The predicted octanol–water partition coefficient (Wildman–Crippen LogP) is 0.753. The van der Waals surface area contributed by atoms with Crippen LogP contribution in [0.25, 0.3) is 0 Å². The Balaban J connectivity index is 2.06. The van der Waals surface area contributed by atoms with Crippen molar-refractivity contribution in [2.45, 2.75) is 38.3 Å². The van der Waals surface area contributed by atoms with E-state index in [4.69, 9.17) is 4.74 Å². The van der Waals surface area contributed by atoms with Crippen molar-refractivity contribution in [3.05, 3.63) is 0 Å².